The first-order valence-electron chi connectivity index (χ1n) is 9.47. The Morgan fingerprint density at radius 3 is 2.61 bits per heavy atom. The molecule has 1 atom stereocenters. The number of nitrogens with one attached hydrogen (secondary N) is 1. The number of carbonyl (C=O) groups excluding carboxylic acids is 2. The van der Waals surface area contributed by atoms with Crippen molar-refractivity contribution in [3.05, 3.63) is 59.2 Å². The van der Waals surface area contributed by atoms with Crippen molar-refractivity contribution >= 4 is 23.2 Å². The molecule has 2 aromatic carbocycles. The first-order valence-corrected chi connectivity index (χ1v) is 9.47. The third-order valence-corrected chi connectivity index (χ3v) is 5.35. The van der Waals surface area contributed by atoms with Crippen LogP contribution in [-0.2, 0) is 0 Å². The Kier molecular flexibility index (Phi) is 4.75. The van der Waals surface area contributed by atoms with Gasteiger partial charge in [-0.25, -0.2) is 8.78 Å². The molecule has 28 heavy (non-hydrogen) atoms. The highest BCUT2D eigenvalue weighted by molar-refractivity contribution is 6.08. The second-order valence-corrected chi connectivity index (χ2v) is 7.11. The van der Waals surface area contributed by atoms with Crippen LogP contribution in [0.25, 0.3) is 0 Å². The molecule has 146 valence electrons. The van der Waals surface area contributed by atoms with Crippen LogP contribution in [-0.4, -0.2) is 36.0 Å². The average molecular weight is 385 g/mol. The fourth-order valence-corrected chi connectivity index (χ4v) is 4.09. The molecular formula is C21H21F2N3O2. The molecule has 0 spiro atoms. The van der Waals surface area contributed by atoms with E-state index in [2.05, 4.69) is 10.2 Å². The zero-order chi connectivity index (χ0) is 19.8. The van der Waals surface area contributed by atoms with Crippen molar-refractivity contribution in [2.75, 3.05) is 23.3 Å². The number of anilines is 2. The summed E-state index contributed by atoms with van der Waals surface area (Å²) in [5.74, 6) is -2.02. The van der Waals surface area contributed by atoms with Gasteiger partial charge in [-0.15, -0.1) is 0 Å². The van der Waals surface area contributed by atoms with E-state index in [9.17, 15) is 18.4 Å². The van der Waals surface area contributed by atoms with Crippen molar-refractivity contribution in [1.82, 2.24) is 4.90 Å². The lowest BCUT2D eigenvalue weighted by Gasteiger charge is -2.47. The summed E-state index contributed by atoms with van der Waals surface area (Å²) >= 11 is 0. The van der Waals surface area contributed by atoms with E-state index in [1.165, 1.54) is 0 Å². The summed E-state index contributed by atoms with van der Waals surface area (Å²) in [6.45, 7) is 3.48. The van der Waals surface area contributed by atoms with Gasteiger partial charge in [0.1, 0.15) is 17.8 Å². The van der Waals surface area contributed by atoms with Gasteiger partial charge in [0.05, 0.1) is 11.3 Å². The lowest BCUT2D eigenvalue weighted by molar-refractivity contribution is 0.0582. The summed E-state index contributed by atoms with van der Waals surface area (Å²) in [6.07, 6.45) is 2.97. The van der Waals surface area contributed by atoms with Crippen LogP contribution in [0.5, 0.6) is 0 Å². The zero-order valence-corrected chi connectivity index (χ0v) is 15.5. The Labute approximate surface area is 161 Å². The lowest BCUT2D eigenvalue weighted by Crippen LogP contribution is -2.57. The molecular weight excluding hydrogens is 364 g/mol. The molecule has 2 heterocycles. The highest BCUT2D eigenvalue weighted by atomic mass is 19.1. The van der Waals surface area contributed by atoms with Crippen molar-refractivity contribution in [2.45, 2.75) is 32.4 Å². The van der Waals surface area contributed by atoms with Crippen LogP contribution < -0.4 is 10.2 Å². The minimum absolute atomic E-state index is 0.00868. The highest BCUT2D eigenvalue weighted by Crippen LogP contribution is 2.35. The number of amides is 2. The minimum atomic E-state index is -0.763. The van der Waals surface area contributed by atoms with Crippen molar-refractivity contribution in [2.24, 2.45) is 0 Å². The van der Waals surface area contributed by atoms with E-state index in [1.54, 1.807) is 18.2 Å². The van der Waals surface area contributed by atoms with Gasteiger partial charge in [-0.3, -0.25) is 9.59 Å². The summed E-state index contributed by atoms with van der Waals surface area (Å²) < 4.78 is 26.7. The number of fused-ring (bicyclic) bond motifs is 2. The number of carbonyl (C=O) groups is 2. The van der Waals surface area contributed by atoms with Gasteiger partial charge in [0.25, 0.3) is 11.8 Å². The zero-order valence-electron chi connectivity index (χ0n) is 15.5. The third kappa shape index (κ3) is 3.21. The van der Waals surface area contributed by atoms with E-state index in [0.29, 0.717) is 17.7 Å². The molecule has 7 heteroatoms. The molecule has 2 amide bonds. The SMILES string of the molecule is CCN1c2cc(C(=O)Nc3cc(F)cc(F)c3)ccc2C(=O)N2CCCC[C@H]21. The summed E-state index contributed by atoms with van der Waals surface area (Å²) in [4.78, 5) is 29.5. The van der Waals surface area contributed by atoms with Gasteiger partial charge in [-0.1, -0.05) is 0 Å². The lowest BCUT2D eigenvalue weighted by atomic mass is 9.97. The van der Waals surface area contributed by atoms with Gasteiger partial charge in [-0.05, 0) is 56.5 Å². The number of nitrogens with zero attached hydrogens (tertiary/aromatic N) is 2. The van der Waals surface area contributed by atoms with Gasteiger partial charge in [0.2, 0.25) is 0 Å². The normalized spacial score (nSPS) is 18.5. The summed E-state index contributed by atoms with van der Waals surface area (Å²) in [6, 6.07) is 7.78. The van der Waals surface area contributed by atoms with Crippen LogP contribution >= 0.6 is 0 Å². The van der Waals surface area contributed by atoms with Crippen LogP contribution in [0.2, 0.25) is 0 Å². The number of benzene rings is 2. The maximum atomic E-state index is 13.4. The molecule has 1 N–H and O–H groups in total. The maximum absolute atomic E-state index is 13.4. The van der Waals surface area contributed by atoms with Crippen molar-refractivity contribution in [3.8, 4) is 0 Å². The molecule has 2 aliphatic rings. The second-order valence-electron chi connectivity index (χ2n) is 7.11. The summed E-state index contributed by atoms with van der Waals surface area (Å²) in [5, 5.41) is 2.51. The summed E-state index contributed by atoms with van der Waals surface area (Å²) in [7, 11) is 0. The Morgan fingerprint density at radius 2 is 1.89 bits per heavy atom. The van der Waals surface area contributed by atoms with Gasteiger partial charge in [0, 0.05) is 30.4 Å². The molecule has 1 saturated heterocycles. The quantitative estimate of drug-likeness (QED) is 0.869. The molecule has 0 aliphatic carbocycles. The molecule has 0 aromatic heterocycles. The fraction of sp³-hybridized carbons (Fsp3) is 0.333. The Morgan fingerprint density at radius 1 is 1.14 bits per heavy atom. The minimum Gasteiger partial charge on any atom is -0.351 e. The molecule has 0 saturated carbocycles. The Balaban J connectivity index is 1.66. The van der Waals surface area contributed by atoms with Crippen molar-refractivity contribution in [3.63, 3.8) is 0 Å². The van der Waals surface area contributed by atoms with Gasteiger partial charge in [0.15, 0.2) is 0 Å². The average Bonchev–Trinajstić information content (AvgIpc) is 2.67. The molecule has 0 bridgehead atoms. The summed E-state index contributed by atoms with van der Waals surface area (Å²) in [5.41, 5.74) is 1.68. The molecule has 0 unspecified atom stereocenters. The standard InChI is InChI=1S/C21H21F2N3O2/c1-2-25-18-9-13(20(27)24-16-11-14(22)10-15(23)12-16)6-7-17(18)21(28)26-8-4-3-5-19(25)26/h6-7,9-12,19H,2-5,8H2,1H3,(H,24,27)/t19-/m0/s1. The molecule has 2 aromatic rings. The maximum Gasteiger partial charge on any atom is 0.257 e. The first kappa shape index (κ1) is 18.4. The van der Waals surface area contributed by atoms with E-state index in [1.807, 2.05) is 11.8 Å². The van der Waals surface area contributed by atoms with E-state index in [4.69, 9.17) is 0 Å². The van der Waals surface area contributed by atoms with Crippen LogP contribution in [0.15, 0.2) is 36.4 Å². The molecule has 5 nitrogen and oxygen atoms in total. The molecule has 4 rings (SSSR count). The number of hydrogen-bond acceptors (Lipinski definition) is 3. The van der Waals surface area contributed by atoms with Gasteiger partial charge in [-0.2, -0.15) is 0 Å². The molecule has 1 fully saturated rings. The fourth-order valence-electron chi connectivity index (χ4n) is 4.09. The number of piperidine rings is 1. The van der Waals surface area contributed by atoms with E-state index in [0.717, 1.165) is 49.7 Å². The number of rotatable bonds is 3. The predicted molar refractivity (Wildman–Crippen MR) is 102 cm³/mol. The first-order chi connectivity index (χ1) is 13.5. The molecule has 0 radical (unpaired) electrons. The topological polar surface area (TPSA) is 52.7 Å². The van der Waals surface area contributed by atoms with Crippen LogP contribution in [0.1, 0.15) is 46.9 Å². The smallest absolute Gasteiger partial charge is 0.257 e. The van der Waals surface area contributed by atoms with E-state index >= 15 is 0 Å². The van der Waals surface area contributed by atoms with Crippen molar-refractivity contribution < 1.29 is 18.4 Å². The Bertz CT molecular complexity index is 927. The monoisotopic (exact) mass is 385 g/mol. The third-order valence-electron chi connectivity index (χ3n) is 5.35. The largest absolute Gasteiger partial charge is 0.351 e. The Hall–Kier alpha value is -2.96. The van der Waals surface area contributed by atoms with E-state index in [-0.39, 0.29) is 17.8 Å². The van der Waals surface area contributed by atoms with Gasteiger partial charge >= 0.3 is 0 Å². The number of halogens is 2. The number of hydrogen-bond donors (Lipinski definition) is 1. The van der Waals surface area contributed by atoms with Crippen LogP contribution in [0, 0.1) is 11.6 Å². The highest BCUT2D eigenvalue weighted by Gasteiger charge is 2.38. The van der Waals surface area contributed by atoms with Gasteiger partial charge < -0.3 is 15.1 Å². The predicted octanol–water partition coefficient (Wildman–Crippen LogP) is 4.01. The van der Waals surface area contributed by atoms with Crippen LogP contribution in [0.3, 0.4) is 0 Å². The molecule has 2 aliphatic heterocycles. The van der Waals surface area contributed by atoms with E-state index < -0.39 is 17.5 Å². The second kappa shape index (κ2) is 7.22. The van der Waals surface area contributed by atoms with Crippen LogP contribution in [0.4, 0.5) is 20.2 Å². The van der Waals surface area contributed by atoms with Crippen molar-refractivity contribution in [1.29, 1.82) is 0 Å².